The number of nitrogens with one attached hydrogen (secondary N) is 1. The van der Waals surface area contributed by atoms with Crippen LogP contribution in [-0.2, 0) is 17.8 Å². The zero-order valence-electron chi connectivity index (χ0n) is 14.8. The van der Waals surface area contributed by atoms with E-state index in [9.17, 15) is 4.79 Å². The first-order valence-corrected chi connectivity index (χ1v) is 8.97. The number of carbonyl (C=O) groups is 1. The second-order valence-corrected chi connectivity index (χ2v) is 6.51. The van der Waals surface area contributed by atoms with Gasteiger partial charge < -0.3 is 15.0 Å². The van der Waals surface area contributed by atoms with E-state index in [0.29, 0.717) is 19.4 Å². The number of benzene rings is 2. The van der Waals surface area contributed by atoms with Crippen molar-refractivity contribution in [2.75, 3.05) is 26.2 Å². The van der Waals surface area contributed by atoms with Crippen molar-refractivity contribution < 1.29 is 9.53 Å². The van der Waals surface area contributed by atoms with Crippen LogP contribution in [0.25, 0.3) is 0 Å². The molecule has 0 radical (unpaired) electrons. The summed E-state index contributed by atoms with van der Waals surface area (Å²) in [5.41, 5.74) is 3.49. The van der Waals surface area contributed by atoms with Gasteiger partial charge in [-0.05, 0) is 30.5 Å². The molecule has 1 fully saturated rings. The van der Waals surface area contributed by atoms with E-state index in [1.807, 2.05) is 23.1 Å². The fourth-order valence-electron chi connectivity index (χ4n) is 3.01. The molecule has 25 heavy (non-hydrogen) atoms. The lowest BCUT2D eigenvalue weighted by Gasteiger charge is -2.27. The highest BCUT2D eigenvalue weighted by atomic mass is 16.5. The molecular weight excluding hydrogens is 312 g/mol. The molecule has 1 N–H and O–H groups in total. The molecule has 0 unspecified atom stereocenters. The van der Waals surface area contributed by atoms with Gasteiger partial charge in [-0.1, -0.05) is 48.0 Å². The lowest BCUT2D eigenvalue weighted by molar-refractivity contribution is -0.131. The van der Waals surface area contributed by atoms with E-state index in [1.165, 1.54) is 5.56 Å². The standard InChI is InChI=1S/C21H26N2O2/c1-17-6-8-18(9-7-17)16-25-20-5-3-2-4-19(20)10-11-21(24)23-14-12-22-13-15-23/h2-9,22H,10-16H2,1H3. The monoisotopic (exact) mass is 338 g/mol. The minimum absolute atomic E-state index is 0.231. The number of nitrogens with zero attached hydrogens (tertiary/aromatic N) is 1. The lowest BCUT2D eigenvalue weighted by atomic mass is 10.1. The minimum Gasteiger partial charge on any atom is -0.489 e. The number of piperazine rings is 1. The average molecular weight is 338 g/mol. The van der Waals surface area contributed by atoms with Crippen molar-refractivity contribution in [1.82, 2.24) is 10.2 Å². The molecule has 2 aromatic rings. The van der Waals surface area contributed by atoms with Crippen LogP contribution >= 0.6 is 0 Å². The first-order valence-electron chi connectivity index (χ1n) is 8.97. The molecule has 3 rings (SSSR count). The molecule has 2 aromatic carbocycles. The highest BCUT2D eigenvalue weighted by molar-refractivity contribution is 5.76. The van der Waals surface area contributed by atoms with E-state index in [0.717, 1.165) is 43.1 Å². The molecule has 1 amide bonds. The quantitative estimate of drug-likeness (QED) is 0.880. The zero-order valence-corrected chi connectivity index (χ0v) is 14.8. The summed E-state index contributed by atoms with van der Waals surface area (Å²) in [5, 5.41) is 3.27. The molecule has 1 aliphatic heterocycles. The largest absolute Gasteiger partial charge is 0.489 e. The summed E-state index contributed by atoms with van der Waals surface area (Å²) in [4.78, 5) is 14.3. The smallest absolute Gasteiger partial charge is 0.222 e. The van der Waals surface area contributed by atoms with Gasteiger partial charge in [-0.2, -0.15) is 0 Å². The van der Waals surface area contributed by atoms with Crippen LogP contribution in [0.3, 0.4) is 0 Å². The van der Waals surface area contributed by atoms with Gasteiger partial charge in [0.15, 0.2) is 0 Å². The van der Waals surface area contributed by atoms with Gasteiger partial charge >= 0.3 is 0 Å². The number of ether oxygens (including phenoxy) is 1. The summed E-state index contributed by atoms with van der Waals surface area (Å²) in [6.07, 6.45) is 1.25. The van der Waals surface area contributed by atoms with Gasteiger partial charge in [0.05, 0.1) is 0 Å². The van der Waals surface area contributed by atoms with Crippen molar-refractivity contribution in [2.24, 2.45) is 0 Å². The Morgan fingerprint density at radius 1 is 1.08 bits per heavy atom. The average Bonchev–Trinajstić information content (AvgIpc) is 2.67. The maximum atomic E-state index is 12.4. The van der Waals surface area contributed by atoms with Gasteiger partial charge in [0.25, 0.3) is 0 Å². The molecule has 0 spiro atoms. The van der Waals surface area contributed by atoms with Crippen LogP contribution in [-0.4, -0.2) is 37.0 Å². The van der Waals surface area contributed by atoms with Crippen LogP contribution in [0.4, 0.5) is 0 Å². The van der Waals surface area contributed by atoms with Gasteiger partial charge in [0, 0.05) is 32.6 Å². The molecular formula is C21H26N2O2. The van der Waals surface area contributed by atoms with Crippen LogP contribution in [0, 0.1) is 6.92 Å². The Bertz CT molecular complexity index is 691. The van der Waals surface area contributed by atoms with Crippen LogP contribution in [0.2, 0.25) is 0 Å². The summed E-state index contributed by atoms with van der Waals surface area (Å²) < 4.78 is 6.01. The van der Waals surface area contributed by atoms with Crippen LogP contribution in [0.15, 0.2) is 48.5 Å². The Morgan fingerprint density at radius 3 is 2.56 bits per heavy atom. The van der Waals surface area contributed by atoms with Gasteiger partial charge in [-0.3, -0.25) is 4.79 Å². The number of rotatable bonds is 6. The Kier molecular flexibility index (Phi) is 6.07. The maximum absolute atomic E-state index is 12.4. The van der Waals surface area contributed by atoms with Gasteiger partial charge in [0.2, 0.25) is 5.91 Å². The summed E-state index contributed by atoms with van der Waals surface area (Å²) >= 11 is 0. The molecule has 0 aliphatic carbocycles. The van der Waals surface area contributed by atoms with Crippen molar-refractivity contribution in [3.8, 4) is 5.75 Å². The number of amides is 1. The fourth-order valence-corrected chi connectivity index (χ4v) is 3.01. The second-order valence-electron chi connectivity index (χ2n) is 6.51. The summed E-state index contributed by atoms with van der Waals surface area (Å²) in [6.45, 7) is 6.02. The Labute approximate surface area is 149 Å². The third-order valence-electron chi connectivity index (χ3n) is 4.57. The molecule has 0 aromatic heterocycles. The highest BCUT2D eigenvalue weighted by Gasteiger charge is 2.16. The van der Waals surface area contributed by atoms with E-state index >= 15 is 0 Å². The SMILES string of the molecule is Cc1ccc(COc2ccccc2CCC(=O)N2CCNCC2)cc1. The molecule has 132 valence electrons. The van der Waals surface area contributed by atoms with Crippen LogP contribution in [0.1, 0.15) is 23.1 Å². The second kappa shape index (κ2) is 8.67. The molecule has 1 aliphatic rings. The Hall–Kier alpha value is -2.33. The van der Waals surface area contributed by atoms with E-state index in [-0.39, 0.29) is 5.91 Å². The van der Waals surface area contributed by atoms with Crippen molar-refractivity contribution in [2.45, 2.75) is 26.4 Å². The molecule has 0 saturated carbocycles. The molecule has 0 atom stereocenters. The van der Waals surface area contributed by atoms with Crippen molar-refractivity contribution in [3.63, 3.8) is 0 Å². The number of hydrogen-bond acceptors (Lipinski definition) is 3. The van der Waals surface area contributed by atoms with Gasteiger partial charge in [0.1, 0.15) is 12.4 Å². The predicted molar refractivity (Wildman–Crippen MR) is 99.7 cm³/mol. The number of carbonyl (C=O) groups excluding carboxylic acids is 1. The summed E-state index contributed by atoms with van der Waals surface area (Å²) in [5.74, 6) is 1.10. The Morgan fingerprint density at radius 2 is 1.80 bits per heavy atom. The maximum Gasteiger partial charge on any atom is 0.222 e. The molecule has 1 heterocycles. The third kappa shape index (κ3) is 5.07. The van der Waals surface area contributed by atoms with Gasteiger partial charge in [-0.25, -0.2) is 0 Å². The van der Waals surface area contributed by atoms with E-state index < -0.39 is 0 Å². The van der Waals surface area contributed by atoms with Crippen LogP contribution < -0.4 is 10.1 Å². The molecule has 1 saturated heterocycles. The van der Waals surface area contributed by atoms with E-state index in [1.54, 1.807) is 0 Å². The topological polar surface area (TPSA) is 41.6 Å². The lowest BCUT2D eigenvalue weighted by Crippen LogP contribution is -2.46. The summed E-state index contributed by atoms with van der Waals surface area (Å²) in [6, 6.07) is 16.4. The zero-order chi connectivity index (χ0) is 17.5. The first-order chi connectivity index (χ1) is 12.2. The van der Waals surface area contributed by atoms with Crippen molar-refractivity contribution >= 4 is 5.91 Å². The summed E-state index contributed by atoms with van der Waals surface area (Å²) in [7, 11) is 0. The third-order valence-corrected chi connectivity index (χ3v) is 4.57. The Balaban J connectivity index is 1.56. The van der Waals surface area contributed by atoms with E-state index in [2.05, 4.69) is 42.6 Å². The minimum atomic E-state index is 0.231. The van der Waals surface area contributed by atoms with E-state index in [4.69, 9.17) is 4.74 Å². The van der Waals surface area contributed by atoms with Crippen molar-refractivity contribution in [1.29, 1.82) is 0 Å². The molecule has 4 heteroatoms. The number of hydrogen-bond donors (Lipinski definition) is 1. The van der Waals surface area contributed by atoms with Crippen LogP contribution in [0.5, 0.6) is 5.75 Å². The number of aryl methyl sites for hydroxylation is 2. The molecule has 4 nitrogen and oxygen atoms in total. The highest BCUT2D eigenvalue weighted by Crippen LogP contribution is 2.21. The number of para-hydroxylation sites is 1. The first kappa shape index (κ1) is 17.5. The van der Waals surface area contributed by atoms with Crippen molar-refractivity contribution in [3.05, 3.63) is 65.2 Å². The van der Waals surface area contributed by atoms with Gasteiger partial charge in [-0.15, -0.1) is 0 Å². The molecule has 0 bridgehead atoms. The predicted octanol–water partition coefficient (Wildman–Crippen LogP) is 2.94. The normalized spacial score (nSPS) is 14.4. The fraction of sp³-hybridized carbons (Fsp3) is 0.381.